The van der Waals surface area contributed by atoms with E-state index in [0.717, 1.165) is 25.9 Å². The van der Waals surface area contributed by atoms with Crippen molar-refractivity contribution in [2.75, 3.05) is 18.4 Å². The topological polar surface area (TPSA) is 62.3 Å². The van der Waals surface area contributed by atoms with Crippen LogP contribution in [0.25, 0.3) is 6.08 Å². The van der Waals surface area contributed by atoms with Crippen LogP contribution in [-0.2, 0) is 4.79 Å². The maximum atomic E-state index is 12.5. The molecule has 1 N–H and O–H groups in total. The Labute approximate surface area is 141 Å². The van der Waals surface area contributed by atoms with Gasteiger partial charge in [-0.3, -0.25) is 9.59 Å². The fourth-order valence-corrected chi connectivity index (χ4v) is 2.67. The predicted molar refractivity (Wildman–Crippen MR) is 93.5 cm³/mol. The molecule has 1 saturated heterocycles. The molecule has 2 aromatic rings. The molecule has 0 saturated carbocycles. The number of aromatic nitrogens is 1. The van der Waals surface area contributed by atoms with Gasteiger partial charge >= 0.3 is 0 Å². The largest absolute Gasteiger partial charge is 0.339 e. The van der Waals surface area contributed by atoms with Gasteiger partial charge < -0.3 is 10.2 Å². The lowest BCUT2D eigenvalue weighted by atomic mass is 10.1. The molecule has 3 rings (SSSR count). The molecule has 24 heavy (non-hydrogen) atoms. The number of pyridine rings is 1. The first-order chi connectivity index (χ1) is 11.7. The number of carbonyl (C=O) groups excluding carboxylic acids is 2. The summed E-state index contributed by atoms with van der Waals surface area (Å²) in [6.45, 7) is 1.62. The van der Waals surface area contributed by atoms with Crippen molar-refractivity contribution in [1.82, 2.24) is 9.88 Å². The molecular weight excluding hydrogens is 302 g/mol. The Morgan fingerprint density at radius 2 is 1.79 bits per heavy atom. The normalized spacial score (nSPS) is 14.1. The zero-order valence-corrected chi connectivity index (χ0v) is 13.3. The first-order valence-corrected chi connectivity index (χ1v) is 8.02. The standard InChI is InChI=1S/C19H19N3O2/c23-18(22-13-5-6-14-22)11-10-15-7-1-2-8-16(15)19(24)21-17-9-3-4-12-20-17/h1-4,7-12H,5-6,13-14H2,(H,20,21,24)/b11-10+. The number of hydrogen-bond acceptors (Lipinski definition) is 3. The highest BCUT2D eigenvalue weighted by Crippen LogP contribution is 2.14. The van der Waals surface area contributed by atoms with Crippen LogP contribution in [0, 0.1) is 0 Å². The molecule has 0 radical (unpaired) electrons. The molecule has 1 aromatic carbocycles. The van der Waals surface area contributed by atoms with Gasteiger partial charge in [0.1, 0.15) is 5.82 Å². The summed E-state index contributed by atoms with van der Waals surface area (Å²) >= 11 is 0. The summed E-state index contributed by atoms with van der Waals surface area (Å²) in [5, 5.41) is 2.76. The van der Waals surface area contributed by atoms with Crippen LogP contribution in [0.15, 0.2) is 54.7 Å². The van der Waals surface area contributed by atoms with Crippen LogP contribution in [0.5, 0.6) is 0 Å². The van der Waals surface area contributed by atoms with Crippen LogP contribution >= 0.6 is 0 Å². The lowest BCUT2D eigenvalue weighted by Crippen LogP contribution is -2.25. The van der Waals surface area contributed by atoms with Crippen molar-refractivity contribution in [1.29, 1.82) is 0 Å². The molecule has 0 unspecified atom stereocenters. The van der Waals surface area contributed by atoms with Crippen LogP contribution in [0.4, 0.5) is 5.82 Å². The van der Waals surface area contributed by atoms with Gasteiger partial charge in [-0.15, -0.1) is 0 Å². The maximum Gasteiger partial charge on any atom is 0.257 e. The van der Waals surface area contributed by atoms with E-state index in [4.69, 9.17) is 0 Å². The third kappa shape index (κ3) is 3.87. The molecule has 1 aliphatic rings. The summed E-state index contributed by atoms with van der Waals surface area (Å²) in [6, 6.07) is 12.5. The number of anilines is 1. The van der Waals surface area contributed by atoms with Gasteiger partial charge in [-0.05, 0) is 42.7 Å². The summed E-state index contributed by atoms with van der Waals surface area (Å²) in [5.74, 6) is 0.240. The van der Waals surface area contributed by atoms with Crippen LogP contribution < -0.4 is 5.32 Å². The van der Waals surface area contributed by atoms with E-state index in [1.165, 1.54) is 6.08 Å². The smallest absolute Gasteiger partial charge is 0.257 e. The average Bonchev–Trinajstić information content (AvgIpc) is 3.15. The molecule has 5 heteroatoms. The van der Waals surface area contributed by atoms with E-state index >= 15 is 0 Å². The average molecular weight is 321 g/mol. The molecule has 1 aliphatic heterocycles. The minimum atomic E-state index is -0.248. The fourth-order valence-electron chi connectivity index (χ4n) is 2.67. The molecular formula is C19H19N3O2. The second-order valence-corrected chi connectivity index (χ2v) is 5.62. The van der Waals surface area contributed by atoms with Crippen LogP contribution in [0.3, 0.4) is 0 Å². The highest BCUT2D eigenvalue weighted by Gasteiger charge is 2.16. The van der Waals surface area contributed by atoms with Gasteiger partial charge in [0.25, 0.3) is 5.91 Å². The van der Waals surface area contributed by atoms with Crippen molar-refractivity contribution in [2.24, 2.45) is 0 Å². The minimum Gasteiger partial charge on any atom is -0.339 e. The van der Waals surface area contributed by atoms with E-state index in [0.29, 0.717) is 16.9 Å². The van der Waals surface area contributed by atoms with Crippen molar-refractivity contribution in [2.45, 2.75) is 12.8 Å². The number of likely N-dealkylation sites (tertiary alicyclic amines) is 1. The molecule has 0 spiro atoms. The lowest BCUT2D eigenvalue weighted by Gasteiger charge is -2.12. The molecule has 122 valence electrons. The van der Waals surface area contributed by atoms with E-state index in [1.54, 1.807) is 36.5 Å². The third-order valence-electron chi connectivity index (χ3n) is 3.94. The third-order valence-corrected chi connectivity index (χ3v) is 3.94. The Morgan fingerprint density at radius 1 is 1.04 bits per heavy atom. The summed E-state index contributed by atoms with van der Waals surface area (Å²) in [6.07, 6.45) is 6.98. The van der Waals surface area contributed by atoms with Gasteiger partial charge in [0.2, 0.25) is 5.91 Å². The number of benzene rings is 1. The zero-order chi connectivity index (χ0) is 16.8. The van der Waals surface area contributed by atoms with Gasteiger partial charge in [-0.1, -0.05) is 24.3 Å². The van der Waals surface area contributed by atoms with Gasteiger partial charge in [-0.25, -0.2) is 4.98 Å². The molecule has 1 fully saturated rings. The summed E-state index contributed by atoms with van der Waals surface area (Å²) in [4.78, 5) is 30.5. The Morgan fingerprint density at radius 3 is 2.54 bits per heavy atom. The number of nitrogens with one attached hydrogen (secondary N) is 1. The maximum absolute atomic E-state index is 12.5. The van der Waals surface area contributed by atoms with E-state index in [-0.39, 0.29) is 11.8 Å². The quantitative estimate of drug-likeness (QED) is 0.881. The van der Waals surface area contributed by atoms with Crippen molar-refractivity contribution in [3.63, 3.8) is 0 Å². The Bertz CT molecular complexity index is 750. The molecule has 0 aliphatic carbocycles. The Balaban J connectivity index is 1.75. The van der Waals surface area contributed by atoms with Crippen molar-refractivity contribution < 1.29 is 9.59 Å². The monoisotopic (exact) mass is 321 g/mol. The highest BCUT2D eigenvalue weighted by atomic mass is 16.2. The fraction of sp³-hybridized carbons (Fsp3) is 0.211. The predicted octanol–water partition coefficient (Wildman–Crippen LogP) is 2.97. The number of amides is 2. The summed E-state index contributed by atoms with van der Waals surface area (Å²) in [5.41, 5.74) is 1.21. The first kappa shape index (κ1) is 15.9. The molecule has 2 amide bonds. The van der Waals surface area contributed by atoms with Crippen molar-refractivity contribution in [3.05, 3.63) is 65.9 Å². The zero-order valence-electron chi connectivity index (χ0n) is 13.3. The molecule has 1 aromatic heterocycles. The van der Waals surface area contributed by atoms with Gasteiger partial charge in [-0.2, -0.15) is 0 Å². The van der Waals surface area contributed by atoms with Crippen molar-refractivity contribution >= 4 is 23.7 Å². The summed E-state index contributed by atoms with van der Waals surface area (Å²) in [7, 11) is 0. The minimum absolute atomic E-state index is 0.00700. The molecule has 5 nitrogen and oxygen atoms in total. The van der Waals surface area contributed by atoms with Gasteiger partial charge in [0.05, 0.1) is 0 Å². The van der Waals surface area contributed by atoms with Crippen LogP contribution in [0.2, 0.25) is 0 Å². The van der Waals surface area contributed by atoms with Crippen LogP contribution in [-0.4, -0.2) is 34.8 Å². The molecule has 0 bridgehead atoms. The second-order valence-electron chi connectivity index (χ2n) is 5.62. The Hall–Kier alpha value is -2.95. The lowest BCUT2D eigenvalue weighted by molar-refractivity contribution is -0.124. The Kier molecular flexibility index (Phi) is 5.01. The van der Waals surface area contributed by atoms with Crippen molar-refractivity contribution in [3.8, 4) is 0 Å². The molecule has 0 atom stereocenters. The van der Waals surface area contributed by atoms with E-state index in [2.05, 4.69) is 10.3 Å². The van der Waals surface area contributed by atoms with Gasteiger partial charge in [0, 0.05) is 30.9 Å². The number of nitrogens with zero attached hydrogens (tertiary/aromatic N) is 2. The number of rotatable bonds is 4. The van der Waals surface area contributed by atoms with E-state index in [9.17, 15) is 9.59 Å². The number of hydrogen-bond donors (Lipinski definition) is 1. The highest BCUT2D eigenvalue weighted by molar-refractivity contribution is 6.06. The van der Waals surface area contributed by atoms with E-state index in [1.807, 2.05) is 23.1 Å². The van der Waals surface area contributed by atoms with Crippen LogP contribution in [0.1, 0.15) is 28.8 Å². The second kappa shape index (κ2) is 7.55. The first-order valence-electron chi connectivity index (χ1n) is 8.02. The van der Waals surface area contributed by atoms with E-state index < -0.39 is 0 Å². The SMILES string of the molecule is O=C(Nc1ccccn1)c1ccccc1/C=C/C(=O)N1CCCC1. The number of carbonyl (C=O) groups is 2. The summed E-state index contributed by atoms with van der Waals surface area (Å²) < 4.78 is 0. The molecule has 2 heterocycles. The van der Waals surface area contributed by atoms with Gasteiger partial charge in [0.15, 0.2) is 0 Å².